The van der Waals surface area contributed by atoms with Crippen molar-refractivity contribution in [2.24, 2.45) is 4.99 Å². The van der Waals surface area contributed by atoms with Gasteiger partial charge in [-0.05, 0) is 38.7 Å². The number of hydrogen-bond acceptors (Lipinski definition) is 4. The van der Waals surface area contributed by atoms with Crippen LogP contribution in [0.3, 0.4) is 0 Å². The topological polar surface area (TPSA) is 83.6 Å². The van der Waals surface area contributed by atoms with Crippen molar-refractivity contribution in [2.45, 2.75) is 33.1 Å². The van der Waals surface area contributed by atoms with E-state index in [4.69, 9.17) is 9.47 Å². The minimum Gasteiger partial charge on any atom is -0.382 e. The van der Waals surface area contributed by atoms with Gasteiger partial charge in [0, 0.05) is 39.0 Å². The Labute approximate surface area is 162 Å². The Balaban J connectivity index is 0.00000529. The van der Waals surface area contributed by atoms with Gasteiger partial charge in [-0.3, -0.25) is 10.1 Å². The van der Waals surface area contributed by atoms with Gasteiger partial charge in [0.1, 0.15) is 0 Å². The summed E-state index contributed by atoms with van der Waals surface area (Å²) >= 11 is 0. The van der Waals surface area contributed by atoms with E-state index in [9.17, 15) is 0 Å². The molecule has 0 spiro atoms. The van der Waals surface area contributed by atoms with Crippen molar-refractivity contribution < 1.29 is 9.47 Å². The van der Waals surface area contributed by atoms with Crippen LogP contribution in [0.15, 0.2) is 11.2 Å². The van der Waals surface area contributed by atoms with E-state index in [0.717, 1.165) is 57.2 Å². The van der Waals surface area contributed by atoms with Crippen LogP contribution in [0, 0.1) is 6.92 Å². The zero-order chi connectivity index (χ0) is 16.8. The maximum absolute atomic E-state index is 5.43. The molecule has 7 nitrogen and oxygen atoms in total. The van der Waals surface area contributed by atoms with Crippen LogP contribution in [-0.2, 0) is 15.9 Å². The quantitative estimate of drug-likeness (QED) is 0.195. The maximum atomic E-state index is 5.43. The second kappa shape index (κ2) is 15.6. The highest BCUT2D eigenvalue weighted by Gasteiger charge is 2.00. The molecule has 1 aromatic rings. The van der Waals surface area contributed by atoms with Crippen LogP contribution in [-0.4, -0.2) is 62.7 Å². The number of H-pyrrole nitrogens is 1. The van der Waals surface area contributed by atoms with E-state index in [1.165, 1.54) is 5.56 Å². The second-order valence-electron chi connectivity index (χ2n) is 5.27. The van der Waals surface area contributed by atoms with Crippen LogP contribution in [0.25, 0.3) is 0 Å². The SMILES string of the molecule is CCNC(=NCCCc1cn[nH]c1C)NCCCOCCOC.I. The smallest absolute Gasteiger partial charge is 0.191 e. The predicted molar refractivity (Wildman–Crippen MR) is 108 cm³/mol. The lowest BCUT2D eigenvalue weighted by atomic mass is 10.1. The van der Waals surface area contributed by atoms with E-state index in [1.54, 1.807) is 7.11 Å². The number of halogens is 1. The number of guanidine groups is 1. The van der Waals surface area contributed by atoms with Gasteiger partial charge in [0.15, 0.2) is 5.96 Å². The lowest BCUT2D eigenvalue weighted by Gasteiger charge is -2.11. The molecule has 0 radical (unpaired) electrons. The molecule has 0 unspecified atom stereocenters. The van der Waals surface area contributed by atoms with Crippen LogP contribution >= 0.6 is 24.0 Å². The largest absolute Gasteiger partial charge is 0.382 e. The van der Waals surface area contributed by atoms with Gasteiger partial charge < -0.3 is 20.1 Å². The lowest BCUT2D eigenvalue weighted by Crippen LogP contribution is -2.38. The number of aliphatic imine (C=N–C) groups is 1. The van der Waals surface area contributed by atoms with E-state index < -0.39 is 0 Å². The molecule has 0 bridgehead atoms. The molecule has 0 aromatic carbocycles. The number of aromatic amines is 1. The van der Waals surface area contributed by atoms with Crippen LogP contribution in [0.4, 0.5) is 0 Å². The highest BCUT2D eigenvalue weighted by molar-refractivity contribution is 14.0. The number of methoxy groups -OCH3 is 1. The summed E-state index contributed by atoms with van der Waals surface area (Å²) in [6.07, 6.45) is 4.85. The van der Waals surface area contributed by atoms with Gasteiger partial charge in [-0.1, -0.05) is 0 Å². The number of nitrogens with zero attached hydrogens (tertiary/aromatic N) is 2. The lowest BCUT2D eigenvalue weighted by molar-refractivity contribution is 0.0698. The molecular weight excluding hydrogens is 421 g/mol. The number of aryl methyl sites for hydroxylation is 2. The molecule has 0 aliphatic rings. The van der Waals surface area contributed by atoms with Crippen molar-refractivity contribution >= 4 is 29.9 Å². The third-order valence-electron chi connectivity index (χ3n) is 3.34. The van der Waals surface area contributed by atoms with Gasteiger partial charge in [-0.25, -0.2) is 0 Å². The first-order valence-electron chi connectivity index (χ1n) is 8.35. The van der Waals surface area contributed by atoms with E-state index in [-0.39, 0.29) is 24.0 Å². The average molecular weight is 453 g/mol. The van der Waals surface area contributed by atoms with Crippen molar-refractivity contribution in [2.75, 3.05) is 46.6 Å². The number of aromatic nitrogens is 2. The molecule has 0 amide bonds. The standard InChI is InChI=1S/C16H31N5O2.HI/c1-4-17-16(19-9-6-10-23-12-11-22-3)18-8-5-7-15-13-20-21-14(15)2;/h13H,4-12H2,1-3H3,(H,20,21)(H2,17,18,19);1H. The summed E-state index contributed by atoms with van der Waals surface area (Å²) in [6.45, 7) is 8.65. The van der Waals surface area contributed by atoms with Crippen LogP contribution in [0.2, 0.25) is 0 Å². The fraction of sp³-hybridized carbons (Fsp3) is 0.750. The Morgan fingerprint density at radius 3 is 2.75 bits per heavy atom. The summed E-state index contributed by atoms with van der Waals surface area (Å²) in [5.74, 6) is 0.869. The number of ether oxygens (including phenoxy) is 2. The number of hydrogen-bond donors (Lipinski definition) is 3. The summed E-state index contributed by atoms with van der Waals surface area (Å²) in [4.78, 5) is 4.59. The van der Waals surface area contributed by atoms with Crippen molar-refractivity contribution in [1.29, 1.82) is 0 Å². The van der Waals surface area contributed by atoms with Gasteiger partial charge in [-0.2, -0.15) is 5.10 Å². The van der Waals surface area contributed by atoms with Crippen LogP contribution in [0.1, 0.15) is 31.0 Å². The summed E-state index contributed by atoms with van der Waals surface area (Å²) in [7, 11) is 1.68. The summed E-state index contributed by atoms with van der Waals surface area (Å²) < 4.78 is 10.4. The predicted octanol–water partition coefficient (Wildman–Crippen LogP) is 1.88. The van der Waals surface area contributed by atoms with Crippen molar-refractivity contribution in [1.82, 2.24) is 20.8 Å². The number of nitrogens with one attached hydrogen (secondary N) is 3. The molecule has 8 heteroatoms. The normalized spacial score (nSPS) is 11.2. The third-order valence-corrected chi connectivity index (χ3v) is 3.34. The number of rotatable bonds is 12. The molecule has 0 aliphatic heterocycles. The molecule has 24 heavy (non-hydrogen) atoms. The first kappa shape index (κ1) is 23.1. The first-order chi connectivity index (χ1) is 11.3. The summed E-state index contributed by atoms with van der Waals surface area (Å²) in [5, 5.41) is 13.6. The summed E-state index contributed by atoms with van der Waals surface area (Å²) in [6, 6.07) is 0. The molecule has 0 saturated heterocycles. The van der Waals surface area contributed by atoms with Crippen molar-refractivity contribution in [3.63, 3.8) is 0 Å². The molecular formula is C16H32IN5O2. The molecule has 0 aliphatic carbocycles. The van der Waals surface area contributed by atoms with Gasteiger partial charge in [0.2, 0.25) is 0 Å². The first-order valence-corrected chi connectivity index (χ1v) is 8.35. The highest BCUT2D eigenvalue weighted by atomic mass is 127. The molecule has 1 rings (SSSR count). The van der Waals surface area contributed by atoms with E-state index in [0.29, 0.717) is 13.2 Å². The second-order valence-corrected chi connectivity index (χ2v) is 5.27. The fourth-order valence-electron chi connectivity index (χ4n) is 2.06. The van der Waals surface area contributed by atoms with Crippen LogP contribution in [0.5, 0.6) is 0 Å². The van der Waals surface area contributed by atoms with Gasteiger partial charge in [0.05, 0.1) is 19.4 Å². The third kappa shape index (κ3) is 10.8. The van der Waals surface area contributed by atoms with E-state index in [1.807, 2.05) is 13.1 Å². The zero-order valence-corrected chi connectivity index (χ0v) is 17.4. The molecule has 1 heterocycles. The van der Waals surface area contributed by atoms with Gasteiger partial charge in [0.25, 0.3) is 0 Å². The van der Waals surface area contributed by atoms with Crippen molar-refractivity contribution in [3.05, 3.63) is 17.5 Å². The van der Waals surface area contributed by atoms with Crippen molar-refractivity contribution in [3.8, 4) is 0 Å². The Bertz CT molecular complexity index is 440. The fourth-order valence-corrected chi connectivity index (χ4v) is 2.06. The van der Waals surface area contributed by atoms with Gasteiger partial charge >= 0.3 is 0 Å². The Morgan fingerprint density at radius 2 is 2.08 bits per heavy atom. The van der Waals surface area contributed by atoms with Crippen LogP contribution < -0.4 is 10.6 Å². The highest BCUT2D eigenvalue weighted by Crippen LogP contribution is 2.05. The molecule has 0 fully saturated rings. The maximum Gasteiger partial charge on any atom is 0.191 e. The molecule has 0 atom stereocenters. The molecule has 140 valence electrons. The van der Waals surface area contributed by atoms with Gasteiger partial charge in [-0.15, -0.1) is 24.0 Å². The molecule has 1 aromatic heterocycles. The van der Waals surface area contributed by atoms with E-state index in [2.05, 4.69) is 32.7 Å². The minimum atomic E-state index is 0. The Hall–Kier alpha value is -0.870. The molecule has 0 saturated carbocycles. The minimum absolute atomic E-state index is 0. The Morgan fingerprint density at radius 1 is 1.25 bits per heavy atom. The average Bonchev–Trinajstić information content (AvgIpc) is 2.95. The molecule has 3 N–H and O–H groups in total. The van der Waals surface area contributed by atoms with E-state index >= 15 is 0 Å². The zero-order valence-electron chi connectivity index (χ0n) is 15.1. The Kier molecular flexibility index (Phi) is 15.1. The monoisotopic (exact) mass is 453 g/mol. The summed E-state index contributed by atoms with van der Waals surface area (Å²) in [5.41, 5.74) is 2.42.